The van der Waals surface area contributed by atoms with Crippen molar-refractivity contribution in [1.82, 2.24) is 0 Å². The van der Waals surface area contributed by atoms with Crippen LogP contribution in [0.15, 0.2) is 69.0 Å². The fraction of sp³-hybridized carbons (Fsp3) is 0.200. The van der Waals surface area contributed by atoms with Crippen LogP contribution >= 0.6 is 0 Å². The van der Waals surface area contributed by atoms with Gasteiger partial charge in [0.25, 0.3) is 0 Å². The van der Waals surface area contributed by atoms with Gasteiger partial charge in [-0.05, 0) is 18.2 Å². The van der Waals surface area contributed by atoms with Crippen LogP contribution in [0.2, 0.25) is 0 Å². The third kappa shape index (κ3) is 4.39. The minimum Gasteiger partial charge on any atom is -0.472 e. The second-order valence-corrected chi connectivity index (χ2v) is 4.62. The van der Waals surface area contributed by atoms with Gasteiger partial charge in [0, 0.05) is 16.7 Å². The van der Waals surface area contributed by atoms with Crippen LogP contribution in [0.1, 0.15) is 16.7 Å². The lowest BCUT2D eigenvalue weighted by Gasteiger charge is -2.13. The molecule has 0 spiro atoms. The number of hydrogen-bond acceptors (Lipinski definition) is 6. The first kappa shape index (κ1) is 14.7. The smallest absolute Gasteiger partial charge is 0.472 e. The highest BCUT2D eigenvalue weighted by Crippen LogP contribution is 2.10. The molecule has 0 atom stereocenters. The Morgan fingerprint density at radius 1 is 0.636 bits per heavy atom. The first-order valence-electron chi connectivity index (χ1n) is 6.78. The van der Waals surface area contributed by atoms with Gasteiger partial charge in [0.15, 0.2) is 0 Å². The summed E-state index contributed by atoms with van der Waals surface area (Å²) in [6, 6.07) is 5.47. The van der Waals surface area contributed by atoms with Crippen LogP contribution in [0.5, 0.6) is 0 Å². The molecule has 0 saturated carbocycles. The van der Waals surface area contributed by atoms with E-state index >= 15 is 0 Å². The first-order chi connectivity index (χ1) is 10.9. The molecule has 3 heterocycles. The summed E-state index contributed by atoms with van der Waals surface area (Å²) < 4.78 is 31.8. The normalized spacial score (nSPS) is 10.9. The predicted molar refractivity (Wildman–Crippen MR) is 76.2 cm³/mol. The molecule has 0 unspecified atom stereocenters. The van der Waals surface area contributed by atoms with E-state index in [4.69, 9.17) is 27.2 Å². The van der Waals surface area contributed by atoms with Crippen molar-refractivity contribution in [2.24, 2.45) is 0 Å². The van der Waals surface area contributed by atoms with Gasteiger partial charge >= 0.3 is 7.32 Å². The molecular weight excluding hydrogens is 287 g/mol. The van der Waals surface area contributed by atoms with E-state index in [1.54, 1.807) is 37.6 Å². The molecule has 0 fully saturated rings. The van der Waals surface area contributed by atoms with E-state index in [2.05, 4.69) is 0 Å². The van der Waals surface area contributed by atoms with Crippen molar-refractivity contribution < 1.29 is 27.2 Å². The summed E-state index contributed by atoms with van der Waals surface area (Å²) in [6.45, 7) is 0.994. The summed E-state index contributed by atoms with van der Waals surface area (Å²) in [7, 11) is -0.806. The van der Waals surface area contributed by atoms with Gasteiger partial charge in [0.2, 0.25) is 0 Å². The van der Waals surface area contributed by atoms with Gasteiger partial charge in [0.1, 0.15) is 0 Å². The summed E-state index contributed by atoms with van der Waals surface area (Å²) in [5, 5.41) is 0. The van der Waals surface area contributed by atoms with E-state index in [0.717, 1.165) is 16.7 Å². The third-order valence-corrected chi connectivity index (χ3v) is 2.90. The molecule has 0 amide bonds. The zero-order valence-corrected chi connectivity index (χ0v) is 11.8. The van der Waals surface area contributed by atoms with Gasteiger partial charge in [-0.3, -0.25) is 0 Å². The monoisotopic (exact) mass is 302 g/mol. The van der Waals surface area contributed by atoms with Crippen molar-refractivity contribution in [1.29, 1.82) is 0 Å². The van der Waals surface area contributed by atoms with Crippen LogP contribution in [0.25, 0.3) is 0 Å². The van der Waals surface area contributed by atoms with E-state index in [1.807, 2.05) is 18.2 Å². The average molecular weight is 302 g/mol. The lowest BCUT2D eigenvalue weighted by Crippen LogP contribution is -2.26. The summed E-state index contributed by atoms with van der Waals surface area (Å²) in [6.07, 6.45) is 9.61. The Labute approximate surface area is 127 Å². The molecule has 0 N–H and O–H groups in total. The van der Waals surface area contributed by atoms with Crippen molar-refractivity contribution in [2.45, 2.75) is 19.8 Å². The highest BCUT2D eigenvalue weighted by molar-refractivity contribution is 6.36. The fourth-order valence-corrected chi connectivity index (χ4v) is 1.76. The summed E-state index contributed by atoms with van der Waals surface area (Å²) >= 11 is 0. The summed E-state index contributed by atoms with van der Waals surface area (Å²) in [4.78, 5) is 0. The van der Waals surface area contributed by atoms with Crippen LogP contribution in [0.3, 0.4) is 0 Å². The van der Waals surface area contributed by atoms with Gasteiger partial charge in [-0.15, -0.1) is 0 Å². The number of furan rings is 3. The molecule has 0 aliphatic heterocycles. The molecule has 0 bridgehead atoms. The van der Waals surface area contributed by atoms with Crippen LogP contribution in [0, 0.1) is 0 Å². The second-order valence-electron chi connectivity index (χ2n) is 4.62. The quantitative estimate of drug-likeness (QED) is 0.564. The predicted octanol–water partition coefficient (Wildman–Crippen LogP) is 3.40. The van der Waals surface area contributed by atoms with E-state index in [-0.39, 0.29) is 0 Å². The molecule has 3 aromatic rings. The van der Waals surface area contributed by atoms with Gasteiger partial charge < -0.3 is 27.2 Å². The lowest BCUT2D eigenvalue weighted by molar-refractivity contribution is 0.0763. The summed E-state index contributed by atoms with van der Waals surface area (Å²) in [5.41, 5.74) is 2.72. The van der Waals surface area contributed by atoms with Crippen LogP contribution in [-0.4, -0.2) is 7.32 Å². The maximum atomic E-state index is 5.62. The maximum Gasteiger partial charge on any atom is 0.640 e. The van der Waals surface area contributed by atoms with Crippen LogP contribution in [0.4, 0.5) is 0 Å². The molecule has 3 rings (SSSR count). The Bertz CT molecular complexity index is 526. The molecular formula is C15H15BO6. The highest BCUT2D eigenvalue weighted by atomic mass is 16.7. The zero-order chi connectivity index (χ0) is 15.0. The van der Waals surface area contributed by atoms with E-state index in [1.165, 1.54) is 0 Å². The van der Waals surface area contributed by atoms with Gasteiger partial charge in [-0.1, -0.05) is 0 Å². The molecule has 3 aromatic heterocycles. The fourth-order valence-electron chi connectivity index (χ4n) is 1.76. The third-order valence-electron chi connectivity index (χ3n) is 2.90. The van der Waals surface area contributed by atoms with Gasteiger partial charge in [-0.25, -0.2) is 0 Å². The van der Waals surface area contributed by atoms with E-state index < -0.39 is 7.32 Å². The molecule has 114 valence electrons. The Balaban J connectivity index is 1.51. The summed E-state index contributed by atoms with van der Waals surface area (Å²) in [5.74, 6) is 0. The Morgan fingerprint density at radius 2 is 1.00 bits per heavy atom. The molecule has 0 aliphatic carbocycles. The molecule has 0 aliphatic rings. The molecule has 7 heteroatoms. The Kier molecular flexibility index (Phi) is 5.15. The Morgan fingerprint density at radius 3 is 1.27 bits per heavy atom. The number of rotatable bonds is 9. The van der Waals surface area contributed by atoms with Gasteiger partial charge in [0.05, 0.1) is 57.4 Å². The standard InChI is InChI=1S/C15H15BO6/c1-4-17-7-13(1)10-20-16(21-11-14-2-5-18-8-14)22-12-15-3-6-19-9-15/h1-9H,10-12H2. The van der Waals surface area contributed by atoms with Crippen molar-refractivity contribution in [3.8, 4) is 0 Å². The van der Waals surface area contributed by atoms with Crippen molar-refractivity contribution in [3.63, 3.8) is 0 Å². The van der Waals surface area contributed by atoms with E-state index in [9.17, 15) is 0 Å². The van der Waals surface area contributed by atoms with Crippen LogP contribution in [-0.2, 0) is 33.8 Å². The van der Waals surface area contributed by atoms with Crippen molar-refractivity contribution in [2.75, 3.05) is 0 Å². The van der Waals surface area contributed by atoms with Crippen LogP contribution < -0.4 is 0 Å². The minimum absolute atomic E-state index is 0.331. The van der Waals surface area contributed by atoms with Crippen molar-refractivity contribution in [3.05, 3.63) is 72.5 Å². The molecule has 22 heavy (non-hydrogen) atoms. The lowest BCUT2D eigenvalue weighted by atomic mass is 10.2. The topological polar surface area (TPSA) is 67.1 Å². The first-order valence-corrected chi connectivity index (χ1v) is 6.78. The Hall–Kier alpha value is -2.22. The van der Waals surface area contributed by atoms with Crippen molar-refractivity contribution >= 4 is 7.32 Å². The minimum atomic E-state index is -0.806. The maximum absolute atomic E-state index is 5.62. The second kappa shape index (κ2) is 7.70. The van der Waals surface area contributed by atoms with E-state index in [0.29, 0.717) is 19.8 Å². The zero-order valence-electron chi connectivity index (χ0n) is 11.8. The largest absolute Gasteiger partial charge is 0.640 e. The SMILES string of the molecule is c1cc(COB(OCc2ccoc2)OCc2ccoc2)co1. The molecule has 6 nitrogen and oxygen atoms in total. The molecule has 0 saturated heterocycles. The number of hydrogen-bond donors (Lipinski definition) is 0. The van der Waals surface area contributed by atoms with Gasteiger partial charge in [-0.2, -0.15) is 0 Å². The average Bonchev–Trinajstić information content (AvgIpc) is 3.29. The molecule has 0 radical (unpaired) electrons. The highest BCUT2D eigenvalue weighted by Gasteiger charge is 2.22. The molecule has 0 aromatic carbocycles.